The Morgan fingerprint density at radius 3 is 2.35 bits per heavy atom. The Labute approximate surface area is 159 Å². The fourth-order valence-corrected chi connectivity index (χ4v) is 3.02. The molecule has 1 amide bonds. The number of amides is 1. The zero-order valence-corrected chi connectivity index (χ0v) is 16.5. The van der Waals surface area contributed by atoms with Crippen LogP contribution in [0.1, 0.15) is 10.4 Å². The zero-order chi connectivity index (χ0) is 19.3. The van der Waals surface area contributed by atoms with E-state index < -0.39 is 10.0 Å². The molecule has 0 saturated carbocycles. The van der Waals surface area contributed by atoms with E-state index in [1.165, 1.54) is 19.2 Å². The summed E-state index contributed by atoms with van der Waals surface area (Å²) in [5, 5.41) is 3.08. The van der Waals surface area contributed by atoms with Gasteiger partial charge in [0, 0.05) is 32.9 Å². The Morgan fingerprint density at radius 2 is 1.73 bits per heavy atom. The number of sulfonamides is 1. The van der Waals surface area contributed by atoms with E-state index >= 15 is 0 Å². The molecule has 0 bridgehead atoms. The van der Waals surface area contributed by atoms with Crippen LogP contribution in [-0.2, 0) is 10.0 Å². The maximum atomic E-state index is 12.4. The van der Waals surface area contributed by atoms with Gasteiger partial charge < -0.3 is 10.2 Å². The van der Waals surface area contributed by atoms with Crippen molar-refractivity contribution in [1.82, 2.24) is 5.32 Å². The van der Waals surface area contributed by atoms with Gasteiger partial charge in [-0.15, -0.1) is 0 Å². The van der Waals surface area contributed by atoms with Gasteiger partial charge in [0.15, 0.2) is 0 Å². The van der Waals surface area contributed by atoms with E-state index in [1.54, 1.807) is 6.07 Å². The van der Waals surface area contributed by atoms with Crippen molar-refractivity contribution in [1.29, 1.82) is 0 Å². The molecule has 0 aliphatic carbocycles. The highest BCUT2D eigenvalue weighted by Gasteiger charge is 2.16. The van der Waals surface area contributed by atoms with Gasteiger partial charge in [-0.3, -0.25) is 9.10 Å². The van der Waals surface area contributed by atoms with Crippen LogP contribution in [-0.4, -0.2) is 47.8 Å². The monoisotopic (exact) mass is 395 g/mol. The van der Waals surface area contributed by atoms with E-state index in [2.05, 4.69) is 5.32 Å². The number of nitrogens with zero attached hydrogens (tertiary/aromatic N) is 2. The minimum absolute atomic E-state index is 0.238. The lowest BCUT2D eigenvalue weighted by Crippen LogP contribution is -2.33. The van der Waals surface area contributed by atoms with Crippen LogP contribution < -0.4 is 14.5 Å². The van der Waals surface area contributed by atoms with Crippen LogP contribution in [0, 0.1) is 0 Å². The summed E-state index contributed by atoms with van der Waals surface area (Å²) in [6.07, 6.45) is 1.10. The van der Waals surface area contributed by atoms with E-state index in [0.717, 1.165) is 16.2 Å². The largest absolute Gasteiger partial charge is 0.373 e. The molecule has 2 aromatic rings. The van der Waals surface area contributed by atoms with Gasteiger partial charge >= 0.3 is 0 Å². The smallest absolute Gasteiger partial charge is 0.252 e. The first-order valence-corrected chi connectivity index (χ1v) is 10.2. The minimum Gasteiger partial charge on any atom is -0.373 e. The van der Waals surface area contributed by atoms with Crippen molar-refractivity contribution in [2.45, 2.75) is 0 Å². The molecule has 8 heteroatoms. The van der Waals surface area contributed by atoms with Gasteiger partial charge in [0.05, 0.1) is 22.5 Å². The first-order chi connectivity index (χ1) is 12.2. The van der Waals surface area contributed by atoms with Crippen molar-refractivity contribution in [2.75, 3.05) is 42.6 Å². The van der Waals surface area contributed by atoms with Crippen LogP contribution in [0.25, 0.3) is 0 Å². The minimum atomic E-state index is -3.42. The van der Waals surface area contributed by atoms with Gasteiger partial charge in [-0.05, 0) is 30.3 Å². The Bertz CT molecular complexity index is 873. The lowest BCUT2D eigenvalue weighted by molar-refractivity contribution is 0.0955. The molecular weight excluding hydrogens is 374 g/mol. The van der Waals surface area contributed by atoms with Crippen molar-refractivity contribution in [3.63, 3.8) is 0 Å². The Hall–Kier alpha value is -2.25. The van der Waals surface area contributed by atoms with Crippen molar-refractivity contribution in [2.24, 2.45) is 0 Å². The Morgan fingerprint density at radius 1 is 1.08 bits per heavy atom. The lowest BCUT2D eigenvalue weighted by Gasteiger charge is -2.20. The average molecular weight is 396 g/mol. The number of halogens is 1. The van der Waals surface area contributed by atoms with E-state index in [4.69, 9.17) is 11.6 Å². The van der Waals surface area contributed by atoms with Crippen molar-refractivity contribution < 1.29 is 13.2 Å². The average Bonchev–Trinajstić information content (AvgIpc) is 2.61. The number of rotatable bonds is 7. The predicted molar refractivity (Wildman–Crippen MR) is 107 cm³/mol. The van der Waals surface area contributed by atoms with Gasteiger partial charge in [0.25, 0.3) is 5.91 Å². The number of anilines is 2. The number of para-hydroxylation sites is 1. The number of nitrogens with one attached hydrogen (secondary N) is 1. The Balaban J connectivity index is 2.03. The summed E-state index contributed by atoms with van der Waals surface area (Å²) in [5.74, 6) is -0.347. The van der Waals surface area contributed by atoms with Gasteiger partial charge in [0.2, 0.25) is 10.0 Å². The van der Waals surface area contributed by atoms with Crippen LogP contribution in [0.5, 0.6) is 0 Å². The fourth-order valence-electron chi connectivity index (χ4n) is 2.32. The molecule has 0 fully saturated rings. The molecule has 0 atom stereocenters. The third-order valence-corrected chi connectivity index (χ3v) is 5.52. The molecule has 0 aliphatic heterocycles. The van der Waals surface area contributed by atoms with E-state index in [0.29, 0.717) is 18.8 Å². The van der Waals surface area contributed by atoms with Gasteiger partial charge in [-0.25, -0.2) is 8.42 Å². The van der Waals surface area contributed by atoms with Gasteiger partial charge in [0.1, 0.15) is 0 Å². The normalized spacial score (nSPS) is 11.1. The quantitative estimate of drug-likeness (QED) is 0.782. The van der Waals surface area contributed by atoms with Crippen LogP contribution in [0.15, 0.2) is 48.5 Å². The molecule has 0 radical (unpaired) electrons. The number of hydrogen-bond donors (Lipinski definition) is 1. The van der Waals surface area contributed by atoms with Gasteiger partial charge in [-0.2, -0.15) is 0 Å². The second-order valence-corrected chi connectivity index (χ2v) is 8.33. The summed E-state index contributed by atoms with van der Waals surface area (Å²) >= 11 is 6.11. The number of benzene rings is 2. The number of carbonyl (C=O) groups is 1. The molecular formula is C18H22ClN3O3S. The third kappa shape index (κ3) is 5.12. The van der Waals surface area contributed by atoms with Crippen LogP contribution >= 0.6 is 11.6 Å². The molecule has 6 nitrogen and oxygen atoms in total. The third-order valence-electron chi connectivity index (χ3n) is 3.99. The maximum Gasteiger partial charge on any atom is 0.252 e. The molecule has 26 heavy (non-hydrogen) atoms. The van der Waals surface area contributed by atoms with Crippen molar-refractivity contribution >= 4 is 38.9 Å². The second kappa shape index (κ2) is 8.42. The van der Waals surface area contributed by atoms with Crippen LogP contribution in [0.3, 0.4) is 0 Å². The van der Waals surface area contributed by atoms with E-state index in [-0.39, 0.29) is 16.5 Å². The molecule has 2 aromatic carbocycles. The lowest BCUT2D eigenvalue weighted by atomic mass is 10.2. The van der Waals surface area contributed by atoms with E-state index in [1.807, 2.05) is 42.3 Å². The molecule has 0 spiro atoms. The summed E-state index contributed by atoms with van der Waals surface area (Å²) in [6, 6.07) is 14.4. The molecule has 2 rings (SSSR count). The number of hydrogen-bond acceptors (Lipinski definition) is 4. The standard InChI is InChI=1S/C18H22ClN3O3S/c1-21(14-7-5-4-6-8-14)12-11-20-18(23)16-13-15(9-10-17(16)19)22(2)26(3,24)25/h4-10,13H,11-12H2,1-3H3,(H,20,23). The molecule has 1 N–H and O–H groups in total. The first-order valence-electron chi connectivity index (χ1n) is 7.98. The zero-order valence-electron chi connectivity index (χ0n) is 14.9. The second-order valence-electron chi connectivity index (χ2n) is 5.91. The molecule has 0 aliphatic rings. The SMILES string of the molecule is CN(CCNC(=O)c1cc(N(C)S(C)(=O)=O)ccc1Cl)c1ccccc1. The predicted octanol–water partition coefficient (Wildman–Crippen LogP) is 2.60. The highest BCUT2D eigenvalue weighted by Crippen LogP contribution is 2.24. The van der Waals surface area contributed by atoms with Crippen LogP contribution in [0.4, 0.5) is 11.4 Å². The fraction of sp³-hybridized carbons (Fsp3) is 0.278. The Kier molecular flexibility index (Phi) is 6.50. The molecule has 0 heterocycles. The van der Waals surface area contributed by atoms with Crippen molar-refractivity contribution in [3.05, 3.63) is 59.1 Å². The highest BCUT2D eigenvalue weighted by atomic mass is 35.5. The molecule has 140 valence electrons. The summed E-state index contributed by atoms with van der Waals surface area (Å²) in [7, 11) is -0.0518. The number of carbonyl (C=O) groups excluding carboxylic acids is 1. The maximum absolute atomic E-state index is 12.4. The summed E-state index contributed by atoms with van der Waals surface area (Å²) in [5.41, 5.74) is 1.67. The molecule has 0 aromatic heterocycles. The van der Waals surface area contributed by atoms with Gasteiger partial charge in [-0.1, -0.05) is 29.8 Å². The first kappa shape index (κ1) is 20.1. The highest BCUT2D eigenvalue weighted by molar-refractivity contribution is 7.92. The summed E-state index contributed by atoms with van der Waals surface area (Å²) in [4.78, 5) is 14.4. The molecule has 0 saturated heterocycles. The van der Waals surface area contributed by atoms with E-state index in [9.17, 15) is 13.2 Å². The van der Waals surface area contributed by atoms with Crippen LogP contribution in [0.2, 0.25) is 5.02 Å². The summed E-state index contributed by atoms with van der Waals surface area (Å²) in [6.45, 7) is 1.04. The topological polar surface area (TPSA) is 69.7 Å². The summed E-state index contributed by atoms with van der Waals surface area (Å²) < 4.78 is 24.4. The number of likely N-dealkylation sites (N-methyl/N-ethyl adjacent to an activating group) is 1. The molecule has 0 unspecified atom stereocenters. The van der Waals surface area contributed by atoms with Crippen molar-refractivity contribution in [3.8, 4) is 0 Å².